The smallest absolute Gasteiger partial charge is 0.256 e. The minimum atomic E-state index is -3.75. The first-order chi connectivity index (χ1) is 18.6. The van der Waals surface area contributed by atoms with Crippen LogP contribution in [0.1, 0.15) is 39.3 Å². The second-order valence-electron chi connectivity index (χ2n) is 9.71. The number of fused-ring (bicyclic) bond motifs is 1. The van der Waals surface area contributed by atoms with Crippen molar-refractivity contribution in [3.05, 3.63) is 87.2 Å². The number of carbonyl (C=O) groups is 2. The minimum absolute atomic E-state index is 0.107. The molecule has 2 amide bonds. The zero-order valence-electron chi connectivity index (χ0n) is 21.6. The number of sulfone groups is 1. The summed E-state index contributed by atoms with van der Waals surface area (Å²) < 4.78 is 40.4. The van der Waals surface area contributed by atoms with Crippen molar-refractivity contribution in [1.29, 1.82) is 0 Å². The first-order valence-electron chi connectivity index (χ1n) is 12.6. The third-order valence-corrected chi connectivity index (χ3v) is 9.02. The Morgan fingerprint density at radius 1 is 1.28 bits per heavy atom. The molecule has 0 bridgehead atoms. The SMILES string of the molecule is Cc1[nH]c(C=C2C(=O)NC3=CCC(S(=O)(=O)Cc4ccccc4F)C=C32)c(C)c1C(=O)NCCN1CCN=N1. The quantitative estimate of drug-likeness (QED) is 0.433. The van der Waals surface area contributed by atoms with E-state index in [4.69, 9.17) is 0 Å². The topological polar surface area (TPSA) is 136 Å². The van der Waals surface area contributed by atoms with E-state index in [0.717, 1.165) is 6.54 Å². The Hall–Kier alpha value is -4.06. The minimum Gasteiger partial charge on any atom is -0.358 e. The summed E-state index contributed by atoms with van der Waals surface area (Å²) in [5, 5.41) is 14.5. The maximum Gasteiger partial charge on any atom is 0.256 e. The van der Waals surface area contributed by atoms with Crippen molar-refractivity contribution in [2.45, 2.75) is 31.3 Å². The first kappa shape index (κ1) is 26.5. The number of benzene rings is 1. The highest BCUT2D eigenvalue weighted by Gasteiger charge is 2.35. The number of hydrogen-bond donors (Lipinski definition) is 3. The lowest BCUT2D eigenvalue weighted by Gasteiger charge is -2.18. The van der Waals surface area contributed by atoms with E-state index in [9.17, 15) is 22.4 Å². The van der Waals surface area contributed by atoms with E-state index in [1.165, 1.54) is 18.2 Å². The largest absolute Gasteiger partial charge is 0.358 e. The number of amides is 2. The van der Waals surface area contributed by atoms with E-state index in [1.54, 1.807) is 43.2 Å². The number of aromatic amines is 1. The van der Waals surface area contributed by atoms with Crippen LogP contribution >= 0.6 is 0 Å². The summed E-state index contributed by atoms with van der Waals surface area (Å²) in [5.41, 5.74) is 3.81. The predicted octanol–water partition coefficient (Wildman–Crippen LogP) is 2.89. The molecule has 1 atom stereocenters. The lowest BCUT2D eigenvalue weighted by atomic mass is 9.98. The van der Waals surface area contributed by atoms with Crippen molar-refractivity contribution in [3.8, 4) is 0 Å². The molecule has 0 radical (unpaired) electrons. The van der Waals surface area contributed by atoms with Gasteiger partial charge in [-0.2, -0.15) is 5.11 Å². The van der Waals surface area contributed by atoms with Gasteiger partial charge in [0.25, 0.3) is 11.8 Å². The molecule has 1 unspecified atom stereocenters. The number of H-pyrrole nitrogens is 1. The Labute approximate surface area is 225 Å². The summed E-state index contributed by atoms with van der Waals surface area (Å²) in [6.45, 7) is 5.92. The molecule has 1 aromatic carbocycles. The van der Waals surface area contributed by atoms with Gasteiger partial charge in [-0.05, 0) is 38.0 Å². The summed E-state index contributed by atoms with van der Waals surface area (Å²) in [7, 11) is -3.75. The zero-order chi connectivity index (χ0) is 27.7. The first-order valence-corrected chi connectivity index (χ1v) is 14.4. The van der Waals surface area contributed by atoms with Crippen LogP contribution in [0.15, 0.2) is 63.6 Å². The Bertz CT molecular complexity index is 1570. The molecule has 3 heterocycles. The van der Waals surface area contributed by atoms with E-state index < -0.39 is 26.7 Å². The highest BCUT2D eigenvalue weighted by molar-refractivity contribution is 7.91. The molecule has 10 nitrogen and oxygen atoms in total. The average Bonchev–Trinajstić information content (AvgIpc) is 3.59. The molecule has 2 aliphatic heterocycles. The van der Waals surface area contributed by atoms with Crippen molar-refractivity contribution >= 4 is 27.7 Å². The molecule has 0 saturated carbocycles. The van der Waals surface area contributed by atoms with Crippen LogP contribution in [0.4, 0.5) is 4.39 Å². The molecule has 1 aromatic heterocycles. The van der Waals surface area contributed by atoms with E-state index in [-0.39, 0.29) is 23.8 Å². The van der Waals surface area contributed by atoms with Gasteiger partial charge in [0.2, 0.25) is 0 Å². The molecule has 0 spiro atoms. The molecular formula is C27H29FN6O4S. The van der Waals surface area contributed by atoms with E-state index in [1.807, 2.05) is 0 Å². The number of aromatic nitrogens is 1. The Morgan fingerprint density at radius 3 is 2.82 bits per heavy atom. The molecule has 1 saturated heterocycles. The summed E-state index contributed by atoms with van der Waals surface area (Å²) in [6.07, 6.45) is 5.05. The standard InChI is InChI=1S/C27H29FN6O4S/c1-16-24(31-17(2)25(16)27(36)29-9-11-34-12-10-30-33-34)14-21-20-13-19(7-8-23(20)32-26(21)35)39(37,38)15-18-5-3-4-6-22(18)28/h3-6,8,13-14,19,31H,7,9-12,15H2,1-2H3,(H,29,36)(H,32,35). The van der Waals surface area contributed by atoms with Gasteiger partial charge in [-0.3, -0.25) is 14.6 Å². The number of halogens is 1. The van der Waals surface area contributed by atoms with Gasteiger partial charge < -0.3 is 15.6 Å². The molecule has 1 aliphatic carbocycles. The Kier molecular flexibility index (Phi) is 7.21. The lowest BCUT2D eigenvalue weighted by molar-refractivity contribution is -0.115. The zero-order valence-corrected chi connectivity index (χ0v) is 22.4. The van der Waals surface area contributed by atoms with Gasteiger partial charge in [0, 0.05) is 34.8 Å². The number of allylic oxidation sites excluding steroid dienone is 2. The maximum atomic E-state index is 14.1. The normalized spacial score (nSPS) is 19.7. The molecule has 2 aromatic rings. The maximum absolute atomic E-state index is 14.1. The highest BCUT2D eigenvalue weighted by Crippen LogP contribution is 2.34. The number of nitrogens with zero attached hydrogens (tertiary/aromatic N) is 3. The molecule has 12 heteroatoms. The van der Waals surface area contributed by atoms with Gasteiger partial charge in [0.05, 0.1) is 41.8 Å². The number of rotatable bonds is 8. The predicted molar refractivity (Wildman–Crippen MR) is 144 cm³/mol. The summed E-state index contributed by atoms with van der Waals surface area (Å²) in [4.78, 5) is 29.0. The Balaban J connectivity index is 1.37. The van der Waals surface area contributed by atoms with Gasteiger partial charge in [-0.15, -0.1) is 0 Å². The van der Waals surface area contributed by atoms with Crippen LogP contribution in [0.3, 0.4) is 0 Å². The monoisotopic (exact) mass is 552 g/mol. The highest BCUT2D eigenvalue weighted by atomic mass is 32.2. The van der Waals surface area contributed by atoms with Gasteiger partial charge >= 0.3 is 0 Å². The molecule has 204 valence electrons. The third-order valence-electron chi connectivity index (χ3n) is 7.05. The molecular weight excluding hydrogens is 523 g/mol. The van der Waals surface area contributed by atoms with Crippen molar-refractivity contribution in [1.82, 2.24) is 20.6 Å². The second-order valence-corrected chi connectivity index (χ2v) is 11.9. The molecule has 1 fully saturated rings. The summed E-state index contributed by atoms with van der Waals surface area (Å²) >= 11 is 0. The van der Waals surface area contributed by atoms with E-state index in [2.05, 4.69) is 26.0 Å². The van der Waals surface area contributed by atoms with Gasteiger partial charge in [0.1, 0.15) is 5.82 Å². The second kappa shape index (κ2) is 10.6. The van der Waals surface area contributed by atoms with Crippen LogP contribution in [0.25, 0.3) is 6.08 Å². The van der Waals surface area contributed by atoms with Crippen LogP contribution in [-0.4, -0.2) is 61.7 Å². The number of aryl methyl sites for hydroxylation is 1. The molecule has 3 N–H and O–H groups in total. The van der Waals surface area contributed by atoms with Crippen LogP contribution in [0, 0.1) is 19.7 Å². The van der Waals surface area contributed by atoms with E-state index in [0.29, 0.717) is 59.0 Å². The van der Waals surface area contributed by atoms with Crippen molar-refractivity contribution in [3.63, 3.8) is 0 Å². The fourth-order valence-corrected chi connectivity index (χ4v) is 6.59. The van der Waals surface area contributed by atoms with E-state index >= 15 is 0 Å². The fourth-order valence-electron chi connectivity index (χ4n) is 4.97. The summed E-state index contributed by atoms with van der Waals surface area (Å²) in [6, 6.07) is 5.80. The van der Waals surface area contributed by atoms with Gasteiger partial charge in [-0.25, -0.2) is 12.8 Å². The number of carbonyl (C=O) groups excluding carboxylic acids is 2. The van der Waals surface area contributed by atoms with Crippen molar-refractivity contribution < 1.29 is 22.4 Å². The fraction of sp³-hybridized carbons (Fsp3) is 0.333. The van der Waals surface area contributed by atoms with Crippen LogP contribution in [0.5, 0.6) is 0 Å². The number of hydrogen-bond acceptors (Lipinski definition) is 7. The third kappa shape index (κ3) is 5.42. The van der Waals surface area contributed by atoms with Crippen molar-refractivity contribution in [2.75, 3.05) is 26.2 Å². The molecule has 39 heavy (non-hydrogen) atoms. The summed E-state index contributed by atoms with van der Waals surface area (Å²) in [5.74, 6) is -1.61. The van der Waals surface area contributed by atoms with Crippen molar-refractivity contribution in [2.24, 2.45) is 10.3 Å². The lowest BCUT2D eigenvalue weighted by Crippen LogP contribution is -2.32. The molecule has 3 aliphatic rings. The Morgan fingerprint density at radius 2 is 2.08 bits per heavy atom. The van der Waals surface area contributed by atoms with Crippen LogP contribution in [-0.2, 0) is 20.4 Å². The van der Waals surface area contributed by atoms with Gasteiger partial charge in [-0.1, -0.05) is 35.6 Å². The van der Waals surface area contributed by atoms with Gasteiger partial charge in [0.15, 0.2) is 9.84 Å². The van der Waals surface area contributed by atoms with Crippen LogP contribution < -0.4 is 10.6 Å². The average molecular weight is 553 g/mol. The van der Waals surface area contributed by atoms with Crippen LogP contribution in [0.2, 0.25) is 0 Å². The number of nitrogens with one attached hydrogen (secondary N) is 3. The molecule has 5 rings (SSSR count).